The Morgan fingerprint density at radius 3 is 1.56 bits per heavy atom. The first-order valence-corrected chi connectivity index (χ1v) is 17.7. The molecule has 0 aliphatic rings. The molecule has 9 aromatic carbocycles. The highest BCUT2D eigenvalue weighted by molar-refractivity contribution is 6.07. The van der Waals surface area contributed by atoms with Gasteiger partial charge in [0.2, 0.25) is 0 Å². The van der Waals surface area contributed by atoms with E-state index in [4.69, 9.17) is 4.42 Å². The minimum absolute atomic E-state index is 0.885. The van der Waals surface area contributed by atoms with Crippen LogP contribution in [0, 0.1) is 0 Å². The maximum atomic E-state index is 6.24. The molecule has 2 nitrogen and oxygen atoms in total. The normalized spacial score (nSPS) is 11.5. The molecule has 0 aliphatic heterocycles. The Kier molecular flexibility index (Phi) is 7.18. The van der Waals surface area contributed by atoms with Gasteiger partial charge in [0.05, 0.1) is 5.69 Å². The fourth-order valence-electron chi connectivity index (χ4n) is 7.60. The van der Waals surface area contributed by atoms with E-state index >= 15 is 0 Å². The van der Waals surface area contributed by atoms with E-state index < -0.39 is 0 Å². The van der Waals surface area contributed by atoms with Gasteiger partial charge >= 0.3 is 0 Å². The van der Waals surface area contributed by atoms with Crippen molar-refractivity contribution >= 4 is 60.5 Å². The van der Waals surface area contributed by atoms with Crippen LogP contribution in [0.25, 0.3) is 76.9 Å². The average molecular weight is 664 g/mol. The lowest BCUT2D eigenvalue weighted by molar-refractivity contribution is 0.669. The molecular formula is C50H33NO. The number of hydrogen-bond donors (Lipinski definition) is 0. The molecule has 0 bridgehead atoms. The molecule has 0 saturated carbocycles. The number of para-hydroxylation sites is 2. The predicted molar refractivity (Wildman–Crippen MR) is 220 cm³/mol. The third-order valence-electron chi connectivity index (χ3n) is 10.2. The number of hydrogen-bond acceptors (Lipinski definition) is 2. The summed E-state index contributed by atoms with van der Waals surface area (Å²) in [5, 5.41) is 7.08. The van der Waals surface area contributed by atoms with E-state index in [0.717, 1.165) is 39.0 Å². The van der Waals surface area contributed by atoms with Crippen LogP contribution >= 0.6 is 0 Å². The number of furan rings is 1. The van der Waals surface area contributed by atoms with Gasteiger partial charge in [0, 0.05) is 27.7 Å². The molecule has 2 heteroatoms. The number of fused-ring (bicyclic) bond motifs is 5. The Labute approximate surface area is 302 Å². The van der Waals surface area contributed by atoms with Gasteiger partial charge in [0.15, 0.2) is 0 Å². The number of benzene rings is 9. The van der Waals surface area contributed by atoms with Crippen LogP contribution in [0.5, 0.6) is 0 Å². The highest BCUT2D eigenvalue weighted by Crippen LogP contribution is 2.43. The highest BCUT2D eigenvalue weighted by atomic mass is 16.3. The molecule has 52 heavy (non-hydrogen) atoms. The highest BCUT2D eigenvalue weighted by Gasteiger charge is 2.19. The summed E-state index contributed by atoms with van der Waals surface area (Å²) in [5.41, 5.74) is 12.2. The average Bonchev–Trinajstić information content (AvgIpc) is 3.59. The van der Waals surface area contributed by atoms with E-state index in [9.17, 15) is 0 Å². The molecule has 1 heterocycles. The fraction of sp³-hybridized carbons (Fsp3) is 0. The lowest BCUT2D eigenvalue weighted by Crippen LogP contribution is -2.11. The van der Waals surface area contributed by atoms with Crippen LogP contribution in [-0.2, 0) is 0 Å². The fourth-order valence-corrected chi connectivity index (χ4v) is 7.60. The molecule has 0 fully saturated rings. The Balaban J connectivity index is 1.12. The predicted octanol–water partition coefficient (Wildman–Crippen LogP) is 14.4. The second-order valence-electron chi connectivity index (χ2n) is 13.4. The van der Waals surface area contributed by atoms with Crippen molar-refractivity contribution in [3.8, 4) is 33.4 Å². The molecule has 0 N–H and O–H groups in total. The molecule has 10 aromatic rings. The van der Waals surface area contributed by atoms with Crippen LogP contribution in [0.15, 0.2) is 205 Å². The number of anilines is 3. The largest absolute Gasteiger partial charge is 0.456 e. The van der Waals surface area contributed by atoms with E-state index in [0.29, 0.717) is 0 Å². The van der Waals surface area contributed by atoms with Crippen LogP contribution in [0.1, 0.15) is 0 Å². The first-order chi connectivity index (χ1) is 25.7. The van der Waals surface area contributed by atoms with E-state index in [1.165, 1.54) is 54.9 Å². The van der Waals surface area contributed by atoms with E-state index in [1.807, 2.05) is 12.1 Å². The number of rotatable bonds is 6. The van der Waals surface area contributed by atoms with Gasteiger partial charge in [-0.3, -0.25) is 0 Å². The third kappa shape index (κ3) is 5.30. The van der Waals surface area contributed by atoms with Crippen molar-refractivity contribution in [3.63, 3.8) is 0 Å². The van der Waals surface area contributed by atoms with Crippen molar-refractivity contribution in [2.24, 2.45) is 0 Å². The van der Waals surface area contributed by atoms with Gasteiger partial charge in [0.1, 0.15) is 11.2 Å². The van der Waals surface area contributed by atoms with Gasteiger partial charge in [0.25, 0.3) is 0 Å². The minimum atomic E-state index is 0.885. The van der Waals surface area contributed by atoms with Gasteiger partial charge in [-0.15, -0.1) is 0 Å². The summed E-state index contributed by atoms with van der Waals surface area (Å²) < 4.78 is 6.24. The van der Waals surface area contributed by atoms with Crippen LogP contribution in [0.4, 0.5) is 17.1 Å². The lowest BCUT2D eigenvalue weighted by atomic mass is 9.96. The molecule has 0 unspecified atom stereocenters. The Hall–Kier alpha value is -6.90. The number of nitrogens with zero attached hydrogens (tertiary/aromatic N) is 1. The molecule has 10 rings (SSSR count). The molecule has 0 spiro atoms. The van der Waals surface area contributed by atoms with Crippen LogP contribution in [0.3, 0.4) is 0 Å². The standard InChI is InChI=1S/C50H33NO/c1-3-11-34(12-4-1)38-22-19-35-20-23-39(30-41(35)29-38)40-24-21-36-25-26-43(32-42(36)31-40)51(48-17-9-7-15-45(48)37-13-5-2-6-14-37)44-27-28-50-47(33-44)46-16-8-10-18-49(46)52-50/h1-33H. The van der Waals surface area contributed by atoms with Crippen molar-refractivity contribution in [2.75, 3.05) is 4.90 Å². The molecular weight excluding hydrogens is 631 g/mol. The maximum Gasteiger partial charge on any atom is 0.135 e. The molecule has 244 valence electrons. The van der Waals surface area contributed by atoms with Gasteiger partial charge in [-0.2, -0.15) is 0 Å². The zero-order valence-corrected chi connectivity index (χ0v) is 28.4. The summed E-state index contributed by atoms with van der Waals surface area (Å²) >= 11 is 0. The lowest BCUT2D eigenvalue weighted by Gasteiger charge is -2.28. The van der Waals surface area contributed by atoms with Crippen molar-refractivity contribution in [1.29, 1.82) is 0 Å². The zero-order chi connectivity index (χ0) is 34.4. The van der Waals surface area contributed by atoms with E-state index in [2.05, 4.69) is 193 Å². The summed E-state index contributed by atoms with van der Waals surface area (Å²) in [6.07, 6.45) is 0. The summed E-state index contributed by atoms with van der Waals surface area (Å²) in [6.45, 7) is 0. The molecule has 0 atom stereocenters. The minimum Gasteiger partial charge on any atom is -0.456 e. The Morgan fingerprint density at radius 2 is 0.827 bits per heavy atom. The quantitative estimate of drug-likeness (QED) is 0.176. The second kappa shape index (κ2) is 12.5. The van der Waals surface area contributed by atoms with Gasteiger partial charge in [-0.05, 0) is 110 Å². The van der Waals surface area contributed by atoms with Crippen molar-refractivity contribution < 1.29 is 4.42 Å². The van der Waals surface area contributed by atoms with Gasteiger partial charge in [-0.1, -0.05) is 140 Å². The van der Waals surface area contributed by atoms with Crippen molar-refractivity contribution in [3.05, 3.63) is 200 Å². The molecule has 1 aromatic heterocycles. The summed E-state index contributed by atoms with van der Waals surface area (Å²) in [4.78, 5) is 2.39. The zero-order valence-electron chi connectivity index (χ0n) is 28.4. The summed E-state index contributed by atoms with van der Waals surface area (Å²) in [5.74, 6) is 0. The summed E-state index contributed by atoms with van der Waals surface area (Å²) in [7, 11) is 0. The smallest absolute Gasteiger partial charge is 0.135 e. The van der Waals surface area contributed by atoms with Crippen LogP contribution in [-0.4, -0.2) is 0 Å². The maximum absolute atomic E-state index is 6.24. The first kappa shape index (κ1) is 30.0. The first-order valence-electron chi connectivity index (χ1n) is 17.7. The van der Waals surface area contributed by atoms with Gasteiger partial charge in [-0.25, -0.2) is 0 Å². The monoisotopic (exact) mass is 663 g/mol. The molecule has 0 aliphatic carbocycles. The Morgan fingerprint density at radius 1 is 0.308 bits per heavy atom. The Bertz CT molecular complexity index is 2910. The van der Waals surface area contributed by atoms with Crippen LogP contribution in [0.2, 0.25) is 0 Å². The van der Waals surface area contributed by atoms with Crippen molar-refractivity contribution in [1.82, 2.24) is 0 Å². The molecule has 0 saturated heterocycles. The molecule has 0 radical (unpaired) electrons. The van der Waals surface area contributed by atoms with Crippen molar-refractivity contribution in [2.45, 2.75) is 0 Å². The van der Waals surface area contributed by atoms with Crippen LogP contribution < -0.4 is 4.90 Å². The second-order valence-corrected chi connectivity index (χ2v) is 13.4. The van der Waals surface area contributed by atoms with E-state index in [-0.39, 0.29) is 0 Å². The van der Waals surface area contributed by atoms with E-state index in [1.54, 1.807) is 0 Å². The van der Waals surface area contributed by atoms with Gasteiger partial charge < -0.3 is 9.32 Å². The molecule has 0 amide bonds. The summed E-state index contributed by atoms with van der Waals surface area (Å²) in [6, 6.07) is 71.9. The topological polar surface area (TPSA) is 16.4 Å². The SMILES string of the molecule is c1ccc(-c2ccc3ccc(-c4ccc5ccc(N(c6ccc7oc8ccccc8c7c6)c6ccccc6-c6ccccc6)cc5c4)cc3c2)cc1. The third-order valence-corrected chi connectivity index (χ3v) is 10.2.